The molecule has 3 heterocycles. The number of thiocarbonyl (C=S) groups is 1. The van der Waals surface area contributed by atoms with Gasteiger partial charge in [0, 0.05) is 18.7 Å². The molecule has 1 unspecified atom stereocenters. The maximum Gasteiger partial charge on any atom is 0.256 e. The van der Waals surface area contributed by atoms with Crippen LogP contribution in [0.3, 0.4) is 0 Å². The van der Waals surface area contributed by atoms with Gasteiger partial charge < -0.3 is 24.7 Å². The second-order valence-corrected chi connectivity index (χ2v) is 8.02. The Labute approximate surface area is 170 Å². The Hall–Kier alpha value is -2.00. The summed E-state index contributed by atoms with van der Waals surface area (Å²) in [4.78, 5) is 13.4. The van der Waals surface area contributed by atoms with Crippen molar-refractivity contribution >= 4 is 34.4 Å². The van der Waals surface area contributed by atoms with Crippen molar-refractivity contribution in [1.82, 2.24) is 24.8 Å². The molecule has 2 aliphatic rings. The van der Waals surface area contributed by atoms with Crippen LogP contribution in [-0.4, -0.2) is 56.6 Å². The third-order valence-electron chi connectivity index (χ3n) is 5.53. The minimum absolute atomic E-state index is 0.263. The third-order valence-corrected chi connectivity index (χ3v) is 5.77. The van der Waals surface area contributed by atoms with Gasteiger partial charge in [-0.2, -0.15) is 0 Å². The topological polar surface area (TPSA) is 86.1 Å². The van der Waals surface area contributed by atoms with Crippen LogP contribution in [0.2, 0.25) is 0 Å². The summed E-state index contributed by atoms with van der Waals surface area (Å²) in [7, 11) is 0. The predicted molar refractivity (Wildman–Crippen MR) is 111 cm³/mol. The molecule has 4 rings (SSSR count). The van der Waals surface area contributed by atoms with E-state index < -0.39 is 0 Å². The molecule has 1 aliphatic carbocycles. The molecule has 0 bridgehead atoms. The van der Waals surface area contributed by atoms with E-state index in [0.29, 0.717) is 24.4 Å². The number of ether oxygens (including phenoxy) is 2. The SMILES string of the molecule is CC(CCCOC(=S)NC1CCC1)n1cnc2c(N[C@@H]3CCOC3)ncnc21. The number of hydrogen-bond acceptors (Lipinski definition) is 7. The van der Waals surface area contributed by atoms with Crippen molar-refractivity contribution in [3.8, 4) is 0 Å². The average Bonchev–Trinajstić information content (AvgIpc) is 3.32. The number of imidazole rings is 1. The number of hydrogen-bond donors (Lipinski definition) is 2. The number of fused-ring (bicyclic) bond motifs is 1. The lowest BCUT2D eigenvalue weighted by Gasteiger charge is -2.27. The fourth-order valence-electron chi connectivity index (χ4n) is 3.57. The molecule has 0 aromatic carbocycles. The normalized spacial score (nSPS) is 20.7. The van der Waals surface area contributed by atoms with Gasteiger partial charge in [-0.15, -0.1) is 0 Å². The van der Waals surface area contributed by atoms with E-state index in [4.69, 9.17) is 21.7 Å². The van der Waals surface area contributed by atoms with E-state index in [-0.39, 0.29) is 12.1 Å². The highest BCUT2D eigenvalue weighted by atomic mass is 32.1. The molecule has 0 spiro atoms. The predicted octanol–water partition coefficient (Wildman–Crippen LogP) is 2.81. The van der Waals surface area contributed by atoms with Gasteiger partial charge >= 0.3 is 0 Å². The number of anilines is 1. The largest absolute Gasteiger partial charge is 0.471 e. The van der Waals surface area contributed by atoms with E-state index >= 15 is 0 Å². The first kappa shape index (κ1) is 19.3. The summed E-state index contributed by atoms with van der Waals surface area (Å²) in [5, 5.41) is 7.22. The van der Waals surface area contributed by atoms with E-state index in [1.54, 1.807) is 6.33 Å². The minimum atomic E-state index is 0.263. The molecule has 1 saturated heterocycles. The maximum atomic E-state index is 5.65. The molecule has 1 aliphatic heterocycles. The van der Waals surface area contributed by atoms with Gasteiger partial charge in [-0.1, -0.05) is 0 Å². The number of nitrogens with one attached hydrogen (secondary N) is 2. The second-order valence-electron chi connectivity index (χ2n) is 7.65. The highest BCUT2D eigenvalue weighted by Gasteiger charge is 2.20. The zero-order valence-electron chi connectivity index (χ0n) is 16.3. The molecule has 2 aromatic heterocycles. The highest BCUT2D eigenvalue weighted by molar-refractivity contribution is 7.80. The van der Waals surface area contributed by atoms with Crippen LogP contribution in [0.25, 0.3) is 11.2 Å². The van der Waals surface area contributed by atoms with E-state index in [1.807, 2.05) is 6.33 Å². The minimum Gasteiger partial charge on any atom is -0.471 e. The maximum absolute atomic E-state index is 5.65. The lowest BCUT2D eigenvalue weighted by Crippen LogP contribution is -2.39. The first-order valence-corrected chi connectivity index (χ1v) is 10.6. The zero-order valence-corrected chi connectivity index (χ0v) is 17.1. The molecule has 0 amide bonds. The first-order chi connectivity index (χ1) is 13.7. The summed E-state index contributed by atoms with van der Waals surface area (Å²) in [5.74, 6) is 0.780. The van der Waals surface area contributed by atoms with Gasteiger partial charge in [0.15, 0.2) is 11.5 Å². The standard InChI is InChI=1S/C19H28N6O2S/c1-13(4-3-8-27-19(28)24-14-5-2-6-14)25-12-22-16-17(20-11-21-18(16)25)23-15-7-9-26-10-15/h11-15H,2-10H2,1H3,(H,24,28)(H,20,21,23)/t13?,15-/m1/s1. The van der Waals surface area contributed by atoms with Gasteiger partial charge in [0.1, 0.15) is 11.8 Å². The quantitative estimate of drug-likeness (QED) is 0.513. The van der Waals surface area contributed by atoms with Gasteiger partial charge in [0.05, 0.1) is 25.6 Å². The van der Waals surface area contributed by atoms with Crippen molar-refractivity contribution in [3.63, 3.8) is 0 Å². The fraction of sp³-hybridized carbons (Fsp3) is 0.684. The van der Waals surface area contributed by atoms with Gasteiger partial charge in [0.2, 0.25) is 0 Å². The van der Waals surface area contributed by atoms with Crippen molar-refractivity contribution in [3.05, 3.63) is 12.7 Å². The summed E-state index contributed by atoms with van der Waals surface area (Å²) in [6, 6.07) is 1.07. The van der Waals surface area contributed by atoms with Crippen LogP contribution in [0.15, 0.2) is 12.7 Å². The first-order valence-electron chi connectivity index (χ1n) is 10.2. The van der Waals surface area contributed by atoms with Crippen LogP contribution < -0.4 is 10.6 Å². The van der Waals surface area contributed by atoms with Crippen molar-refractivity contribution in [2.45, 2.75) is 63.6 Å². The molecular weight excluding hydrogens is 376 g/mol. The van der Waals surface area contributed by atoms with Crippen molar-refractivity contribution < 1.29 is 9.47 Å². The lowest BCUT2D eigenvalue weighted by molar-refractivity contribution is 0.195. The van der Waals surface area contributed by atoms with E-state index in [2.05, 4.69) is 37.1 Å². The molecule has 152 valence electrons. The molecular formula is C19H28N6O2S. The van der Waals surface area contributed by atoms with Crippen LogP contribution in [0.5, 0.6) is 0 Å². The summed E-state index contributed by atoms with van der Waals surface area (Å²) < 4.78 is 13.2. The molecule has 9 heteroatoms. The zero-order chi connectivity index (χ0) is 19.3. The number of aromatic nitrogens is 4. The van der Waals surface area contributed by atoms with Crippen LogP contribution >= 0.6 is 12.2 Å². The van der Waals surface area contributed by atoms with Gasteiger partial charge in [-0.25, -0.2) is 15.0 Å². The molecule has 8 nitrogen and oxygen atoms in total. The summed E-state index contributed by atoms with van der Waals surface area (Å²) in [6.07, 6.45) is 9.99. The fourth-order valence-corrected chi connectivity index (χ4v) is 3.82. The molecule has 2 atom stereocenters. The third kappa shape index (κ3) is 4.52. The van der Waals surface area contributed by atoms with Crippen molar-refractivity contribution in [1.29, 1.82) is 0 Å². The Morgan fingerprint density at radius 1 is 1.32 bits per heavy atom. The molecule has 2 fully saturated rings. The van der Waals surface area contributed by atoms with Crippen LogP contribution in [0.1, 0.15) is 51.5 Å². The Kier molecular flexibility index (Phi) is 6.21. The number of nitrogens with zero attached hydrogens (tertiary/aromatic N) is 4. The van der Waals surface area contributed by atoms with Crippen LogP contribution in [-0.2, 0) is 9.47 Å². The Bertz CT molecular complexity index is 803. The summed E-state index contributed by atoms with van der Waals surface area (Å²) in [6.45, 7) is 4.30. The van der Waals surface area contributed by atoms with Gasteiger partial charge in [-0.3, -0.25) is 0 Å². The van der Waals surface area contributed by atoms with Crippen molar-refractivity contribution in [2.75, 3.05) is 25.1 Å². The van der Waals surface area contributed by atoms with Gasteiger partial charge in [0.25, 0.3) is 5.17 Å². The molecule has 28 heavy (non-hydrogen) atoms. The Morgan fingerprint density at radius 3 is 2.96 bits per heavy atom. The van der Waals surface area contributed by atoms with E-state index in [0.717, 1.165) is 42.9 Å². The monoisotopic (exact) mass is 404 g/mol. The van der Waals surface area contributed by atoms with Crippen LogP contribution in [0, 0.1) is 0 Å². The summed E-state index contributed by atoms with van der Waals surface area (Å²) >= 11 is 5.24. The molecule has 2 aromatic rings. The van der Waals surface area contributed by atoms with Crippen molar-refractivity contribution in [2.24, 2.45) is 0 Å². The number of rotatable bonds is 8. The molecule has 0 radical (unpaired) electrons. The molecule has 1 saturated carbocycles. The van der Waals surface area contributed by atoms with E-state index in [1.165, 1.54) is 19.3 Å². The Balaban J connectivity index is 1.30. The van der Waals surface area contributed by atoms with Gasteiger partial charge in [-0.05, 0) is 57.7 Å². The smallest absolute Gasteiger partial charge is 0.256 e. The lowest BCUT2D eigenvalue weighted by atomic mass is 9.93. The summed E-state index contributed by atoms with van der Waals surface area (Å²) in [5.41, 5.74) is 1.66. The van der Waals surface area contributed by atoms with E-state index in [9.17, 15) is 0 Å². The Morgan fingerprint density at radius 2 is 2.21 bits per heavy atom. The van der Waals surface area contributed by atoms with Crippen LogP contribution in [0.4, 0.5) is 5.82 Å². The molecule has 2 N–H and O–H groups in total. The average molecular weight is 405 g/mol. The highest BCUT2D eigenvalue weighted by Crippen LogP contribution is 2.24. The second kappa shape index (κ2) is 9.00.